The van der Waals surface area contributed by atoms with Gasteiger partial charge in [-0.3, -0.25) is 0 Å². The van der Waals surface area contributed by atoms with Gasteiger partial charge in [-0.15, -0.1) is 0 Å². The summed E-state index contributed by atoms with van der Waals surface area (Å²) < 4.78 is 10.8. The van der Waals surface area contributed by atoms with Crippen molar-refractivity contribution in [2.75, 3.05) is 14.2 Å². The van der Waals surface area contributed by atoms with E-state index in [0.29, 0.717) is 0 Å². The van der Waals surface area contributed by atoms with Crippen LogP contribution in [0.1, 0.15) is 36.8 Å². The summed E-state index contributed by atoms with van der Waals surface area (Å²) in [5.74, 6) is 1.56. The Bertz CT molecular complexity index is 512. The number of hydrogen-bond acceptors (Lipinski definition) is 4. The molecule has 1 aromatic rings. The Morgan fingerprint density at radius 2 is 1.74 bits per heavy atom. The molecule has 1 fully saturated rings. The van der Waals surface area contributed by atoms with Crippen LogP contribution >= 0.6 is 0 Å². The predicted octanol–water partition coefficient (Wildman–Crippen LogP) is 3.12. The number of carbonyl (C=O) groups excluding carboxylic acids is 1. The summed E-state index contributed by atoms with van der Waals surface area (Å²) in [4.78, 5) is 15.0. The summed E-state index contributed by atoms with van der Waals surface area (Å²) in [6, 6.07) is 3.76. The topological polar surface area (TPSA) is 47.9 Å². The Balaban J connectivity index is 2.67. The molecule has 2 rings (SSSR count). The lowest BCUT2D eigenvalue weighted by Crippen LogP contribution is -2.21. The Kier molecular flexibility index (Phi) is 3.91. The summed E-state index contributed by atoms with van der Waals surface area (Å²) in [6.45, 7) is 1.98. The maximum atomic E-state index is 10.8. The number of nitrogens with zero attached hydrogens (tertiary/aromatic N) is 1. The second-order valence-corrected chi connectivity index (χ2v) is 4.91. The second kappa shape index (κ2) is 5.45. The molecule has 1 aromatic carbocycles. The molecule has 0 bridgehead atoms. The normalized spacial score (nSPS) is 16.8. The third kappa shape index (κ3) is 2.24. The van der Waals surface area contributed by atoms with Gasteiger partial charge in [0.15, 0.2) is 0 Å². The van der Waals surface area contributed by atoms with Crippen molar-refractivity contribution >= 4 is 6.08 Å². The van der Waals surface area contributed by atoms with Crippen LogP contribution in [0.4, 0.5) is 0 Å². The Hall–Kier alpha value is -1.80. The highest BCUT2D eigenvalue weighted by molar-refractivity contribution is 5.53. The smallest absolute Gasteiger partial charge is 0.235 e. The molecule has 0 spiro atoms. The number of benzene rings is 1. The molecule has 0 heterocycles. The Morgan fingerprint density at radius 1 is 1.16 bits per heavy atom. The number of hydrogen-bond donors (Lipinski definition) is 0. The third-order valence-electron chi connectivity index (χ3n) is 3.97. The van der Waals surface area contributed by atoms with Crippen LogP contribution in [0.5, 0.6) is 11.5 Å². The molecule has 0 aromatic heterocycles. The second-order valence-electron chi connectivity index (χ2n) is 4.91. The van der Waals surface area contributed by atoms with Crippen LogP contribution in [0.3, 0.4) is 0 Å². The molecule has 1 aliphatic carbocycles. The molecule has 4 heteroatoms. The van der Waals surface area contributed by atoms with Crippen LogP contribution in [0.25, 0.3) is 0 Å². The predicted molar refractivity (Wildman–Crippen MR) is 72.6 cm³/mol. The van der Waals surface area contributed by atoms with Crippen molar-refractivity contribution in [3.8, 4) is 11.5 Å². The first kappa shape index (κ1) is 13.6. The van der Waals surface area contributed by atoms with Gasteiger partial charge in [0, 0.05) is 11.1 Å². The van der Waals surface area contributed by atoms with Gasteiger partial charge in [0.2, 0.25) is 6.08 Å². The first-order valence-corrected chi connectivity index (χ1v) is 6.49. The van der Waals surface area contributed by atoms with Gasteiger partial charge in [0.05, 0.1) is 14.2 Å². The molecule has 0 unspecified atom stereocenters. The van der Waals surface area contributed by atoms with Crippen LogP contribution < -0.4 is 9.47 Å². The van der Waals surface area contributed by atoms with E-state index in [0.717, 1.165) is 48.3 Å². The van der Waals surface area contributed by atoms with Gasteiger partial charge in [-0.1, -0.05) is 12.8 Å². The fourth-order valence-electron chi connectivity index (χ4n) is 3.10. The maximum absolute atomic E-state index is 10.8. The first-order valence-electron chi connectivity index (χ1n) is 6.49. The highest BCUT2D eigenvalue weighted by atomic mass is 16.5. The molecule has 0 radical (unpaired) electrons. The Morgan fingerprint density at radius 3 is 2.26 bits per heavy atom. The summed E-state index contributed by atoms with van der Waals surface area (Å²) >= 11 is 0. The van der Waals surface area contributed by atoms with E-state index >= 15 is 0 Å². The molecular formula is C15H19NO3. The van der Waals surface area contributed by atoms with Gasteiger partial charge in [-0.2, -0.15) is 4.99 Å². The van der Waals surface area contributed by atoms with Crippen molar-refractivity contribution in [1.82, 2.24) is 0 Å². The van der Waals surface area contributed by atoms with Crippen LogP contribution in [0.2, 0.25) is 0 Å². The minimum Gasteiger partial charge on any atom is -0.496 e. The number of methoxy groups -OCH3 is 2. The zero-order valence-electron chi connectivity index (χ0n) is 11.7. The molecule has 19 heavy (non-hydrogen) atoms. The molecule has 4 nitrogen and oxygen atoms in total. The van der Waals surface area contributed by atoms with E-state index in [1.165, 1.54) is 0 Å². The van der Waals surface area contributed by atoms with Crippen molar-refractivity contribution in [2.45, 2.75) is 38.1 Å². The van der Waals surface area contributed by atoms with Crippen molar-refractivity contribution in [2.24, 2.45) is 4.99 Å². The van der Waals surface area contributed by atoms with Gasteiger partial charge in [-0.25, -0.2) is 4.79 Å². The average molecular weight is 261 g/mol. The van der Waals surface area contributed by atoms with E-state index < -0.39 is 5.54 Å². The van der Waals surface area contributed by atoms with E-state index in [9.17, 15) is 4.79 Å². The summed E-state index contributed by atoms with van der Waals surface area (Å²) in [5.41, 5.74) is 1.46. The Labute approximate surface area is 113 Å². The lowest BCUT2D eigenvalue weighted by Gasteiger charge is -2.27. The molecule has 102 valence electrons. The fraction of sp³-hybridized carbons (Fsp3) is 0.533. The molecule has 0 saturated heterocycles. The van der Waals surface area contributed by atoms with E-state index in [2.05, 4.69) is 4.99 Å². The van der Waals surface area contributed by atoms with E-state index in [4.69, 9.17) is 9.47 Å². The van der Waals surface area contributed by atoms with Crippen LogP contribution in [0.15, 0.2) is 17.1 Å². The van der Waals surface area contributed by atoms with E-state index in [1.807, 2.05) is 19.1 Å². The molecule has 0 N–H and O–H groups in total. The van der Waals surface area contributed by atoms with Crippen molar-refractivity contribution in [3.05, 3.63) is 23.3 Å². The van der Waals surface area contributed by atoms with Crippen LogP contribution in [-0.4, -0.2) is 20.3 Å². The number of isocyanates is 1. The van der Waals surface area contributed by atoms with Crippen LogP contribution in [0, 0.1) is 6.92 Å². The third-order valence-corrected chi connectivity index (χ3v) is 3.97. The zero-order valence-corrected chi connectivity index (χ0v) is 11.7. The highest BCUT2D eigenvalue weighted by Gasteiger charge is 2.39. The number of rotatable bonds is 4. The lowest BCUT2D eigenvalue weighted by atomic mass is 9.84. The molecule has 0 atom stereocenters. The molecule has 0 amide bonds. The first-order chi connectivity index (χ1) is 9.18. The van der Waals surface area contributed by atoms with Crippen molar-refractivity contribution in [1.29, 1.82) is 0 Å². The van der Waals surface area contributed by atoms with Crippen molar-refractivity contribution < 1.29 is 14.3 Å². The zero-order chi connectivity index (χ0) is 13.9. The molecular weight excluding hydrogens is 242 g/mol. The SMILES string of the molecule is COc1ccc(OC)c(C2(N=C=O)CCCC2)c1C. The van der Waals surface area contributed by atoms with Crippen molar-refractivity contribution in [3.63, 3.8) is 0 Å². The van der Waals surface area contributed by atoms with Gasteiger partial charge < -0.3 is 9.47 Å². The summed E-state index contributed by atoms with van der Waals surface area (Å²) in [7, 11) is 3.28. The minimum atomic E-state index is -0.494. The van der Waals surface area contributed by atoms with Gasteiger partial charge in [0.25, 0.3) is 0 Å². The maximum Gasteiger partial charge on any atom is 0.235 e. The van der Waals surface area contributed by atoms with Crippen LogP contribution in [-0.2, 0) is 10.3 Å². The van der Waals surface area contributed by atoms with Gasteiger partial charge in [-0.05, 0) is 31.9 Å². The molecule has 0 aliphatic heterocycles. The lowest BCUT2D eigenvalue weighted by molar-refractivity contribution is 0.368. The molecule has 1 saturated carbocycles. The standard InChI is InChI=1S/C15H19NO3/c1-11-12(18-2)6-7-13(19-3)14(11)15(16-10-17)8-4-5-9-15/h6-7H,4-5,8-9H2,1-3H3. The fourth-order valence-corrected chi connectivity index (χ4v) is 3.10. The monoisotopic (exact) mass is 261 g/mol. The summed E-state index contributed by atoms with van der Waals surface area (Å²) in [6.07, 6.45) is 5.57. The van der Waals surface area contributed by atoms with Gasteiger partial charge in [0.1, 0.15) is 17.0 Å². The van der Waals surface area contributed by atoms with Gasteiger partial charge >= 0.3 is 0 Å². The van der Waals surface area contributed by atoms with E-state index in [1.54, 1.807) is 20.3 Å². The quantitative estimate of drug-likeness (QED) is 0.618. The summed E-state index contributed by atoms with van der Waals surface area (Å²) in [5, 5.41) is 0. The number of ether oxygens (including phenoxy) is 2. The number of aliphatic imine (C=N–C) groups is 1. The average Bonchev–Trinajstić information content (AvgIpc) is 2.88. The largest absolute Gasteiger partial charge is 0.496 e. The van der Waals surface area contributed by atoms with E-state index in [-0.39, 0.29) is 0 Å². The minimum absolute atomic E-state index is 0.494. The highest BCUT2D eigenvalue weighted by Crippen LogP contribution is 2.48. The molecule has 1 aliphatic rings.